The largest absolute Gasteiger partial charge is 0.374 e. The van der Waals surface area contributed by atoms with Gasteiger partial charge in [0.05, 0.1) is 25.0 Å². The van der Waals surface area contributed by atoms with E-state index < -0.39 is 0 Å². The van der Waals surface area contributed by atoms with Crippen LogP contribution in [-0.4, -0.2) is 27.2 Å². The molecule has 1 aromatic heterocycles. The van der Waals surface area contributed by atoms with Crippen LogP contribution in [0.1, 0.15) is 37.9 Å². The van der Waals surface area contributed by atoms with E-state index in [1.54, 1.807) is 0 Å². The van der Waals surface area contributed by atoms with Gasteiger partial charge in [-0.05, 0) is 71.3 Å². The second-order valence-corrected chi connectivity index (χ2v) is 11.2. The topological polar surface area (TPSA) is 57.9 Å². The normalized spacial score (nSPS) is 11.0. The highest BCUT2D eigenvalue weighted by Gasteiger charge is 2.21. The van der Waals surface area contributed by atoms with E-state index in [0.29, 0.717) is 31.8 Å². The Morgan fingerprint density at radius 2 is 1.26 bits per heavy atom. The molecule has 1 heterocycles. The smallest absolute Gasteiger partial charge is 0.213 e. The van der Waals surface area contributed by atoms with Crippen molar-refractivity contribution in [1.29, 1.82) is 10.5 Å². The van der Waals surface area contributed by atoms with Crippen molar-refractivity contribution < 1.29 is 8.96 Å². The van der Waals surface area contributed by atoms with Gasteiger partial charge in [0.2, 0.25) is 11.4 Å². The molecular formula is C37H39FN5+. The van der Waals surface area contributed by atoms with Crippen molar-refractivity contribution >= 4 is 23.5 Å². The summed E-state index contributed by atoms with van der Waals surface area (Å²) in [6.07, 6.45) is 5.24. The average molecular weight is 573 g/mol. The van der Waals surface area contributed by atoms with E-state index >= 15 is 0 Å². The van der Waals surface area contributed by atoms with Gasteiger partial charge < -0.3 is 9.80 Å². The fourth-order valence-electron chi connectivity index (χ4n) is 5.00. The van der Waals surface area contributed by atoms with Crippen molar-refractivity contribution in [1.82, 2.24) is 0 Å². The fraction of sp³-hybridized carbons (Fsp3) is 0.270. The lowest BCUT2D eigenvalue weighted by atomic mass is 9.99. The molecular weight excluding hydrogens is 533 g/mol. The Bertz CT molecular complexity index is 1610. The zero-order chi connectivity index (χ0) is 30.8. The molecule has 0 aliphatic rings. The molecule has 0 bridgehead atoms. The first-order chi connectivity index (χ1) is 20.8. The molecule has 0 saturated carbocycles. The SMILES string of the molecule is CC(C)C[n+]1c(/C=C/c2ccc(N(C)CCC#N)cc2)cc(-c2ccc(N(C)CCC#N)cc2)cc1-c1ccc(F)cc1. The van der Waals surface area contributed by atoms with Crippen molar-refractivity contribution in [3.8, 4) is 34.5 Å². The number of rotatable bonds is 12. The van der Waals surface area contributed by atoms with Crippen molar-refractivity contribution in [2.24, 2.45) is 5.92 Å². The molecule has 0 aliphatic heterocycles. The van der Waals surface area contributed by atoms with Gasteiger partial charge in [0, 0.05) is 68.2 Å². The summed E-state index contributed by atoms with van der Waals surface area (Å²) < 4.78 is 16.2. The Hall–Kier alpha value is -4.94. The van der Waals surface area contributed by atoms with Gasteiger partial charge in [0.15, 0.2) is 6.54 Å². The highest BCUT2D eigenvalue weighted by Crippen LogP contribution is 2.28. The van der Waals surface area contributed by atoms with Crippen LogP contribution in [-0.2, 0) is 6.54 Å². The van der Waals surface area contributed by atoms with Gasteiger partial charge in [-0.2, -0.15) is 15.1 Å². The summed E-state index contributed by atoms with van der Waals surface area (Å²) in [4.78, 5) is 4.16. The molecule has 218 valence electrons. The average Bonchev–Trinajstić information content (AvgIpc) is 3.02. The highest BCUT2D eigenvalue weighted by molar-refractivity contribution is 5.75. The van der Waals surface area contributed by atoms with Crippen LogP contribution >= 0.6 is 0 Å². The number of benzene rings is 3. The third-order valence-electron chi connectivity index (χ3n) is 7.43. The van der Waals surface area contributed by atoms with Crippen LogP contribution in [0.3, 0.4) is 0 Å². The van der Waals surface area contributed by atoms with Crippen molar-refractivity contribution in [2.45, 2.75) is 33.2 Å². The Balaban J connectivity index is 1.77. The summed E-state index contributed by atoms with van der Waals surface area (Å²) in [6, 6.07) is 32.3. The third-order valence-corrected chi connectivity index (χ3v) is 7.43. The number of hydrogen-bond donors (Lipinski definition) is 0. The molecule has 0 fully saturated rings. The molecule has 0 saturated heterocycles. The Labute approximate surface area is 255 Å². The van der Waals surface area contributed by atoms with Gasteiger partial charge in [-0.15, -0.1) is 0 Å². The van der Waals surface area contributed by atoms with E-state index in [0.717, 1.165) is 51.6 Å². The monoisotopic (exact) mass is 572 g/mol. The predicted molar refractivity (Wildman–Crippen MR) is 175 cm³/mol. The molecule has 5 nitrogen and oxygen atoms in total. The van der Waals surface area contributed by atoms with Crippen LogP contribution in [0.5, 0.6) is 0 Å². The lowest BCUT2D eigenvalue weighted by Crippen LogP contribution is -2.41. The first-order valence-electron chi connectivity index (χ1n) is 14.7. The van der Waals surface area contributed by atoms with Gasteiger partial charge in [-0.3, -0.25) is 0 Å². The number of nitrogens with zero attached hydrogens (tertiary/aromatic N) is 5. The maximum atomic E-state index is 13.9. The first kappa shape index (κ1) is 31.0. The highest BCUT2D eigenvalue weighted by atomic mass is 19.1. The molecule has 0 amide bonds. The summed E-state index contributed by atoms with van der Waals surface area (Å²) in [5.41, 5.74) is 8.39. The summed E-state index contributed by atoms with van der Waals surface area (Å²) in [5.74, 6) is 0.141. The lowest BCUT2D eigenvalue weighted by molar-refractivity contribution is -0.693. The lowest BCUT2D eigenvalue weighted by Gasteiger charge is -2.18. The Morgan fingerprint density at radius 1 is 0.721 bits per heavy atom. The molecule has 0 atom stereocenters. The number of pyridine rings is 1. The van der Waals surface area contributed by atoms with Gasteiger partial charge in [-0.25, -0.2) is 4.39 Å². The maximum absolute atomic E-state index is 13.9. The predicted octanol–water partition coefficient (Wildman–Crippen LogP) is 7.97. The van der Waals surface area contributed by atoms with E-state index in [1.807, 2.05) is 26.2 Å². The van der Waals surface area contributed by atoms with E-state index in [4.69, 9.17) is 10.5 Å². The molecule has 3 aromatic carbocycles. The van der Waals surface area contributed by atoms with E-state index in [1.165, 1.54) is 12.1 Å². The van der Waals surface area contributed by atoms with Gasteiger partial charge in [0.1, 0.15) is 5.82 Å². The number of hydrogen-bond acceptors (Lipinski definition) is 4. The summed E-state index contributed by atoms with van der Waals surface area (Å²) in [7, 11) is 3.99. The van der Waals surface area contributed by atoms with Crippen molar-refractivity contribution in [3.63, 3.8) is 0 Å². The second-order valence-electron chi connectivity index (χ2n) is 11.2. The van der Waals surface area contributed by atoms with Crippen LogP contribution < -0.4 is 14.4 Å². The van der Waals surface area contributed by atoms with E-state index in [9.17, 15) is 4.39 Å². The van der Waals surface area contributed by atoms with Gasteiger partial charge in [0.25, 0.3) is 0 Å². The number of nitriles is 2. The first-order valence-corrected chi connectivity index (χ1v) is 14.7. The third kappa shape index (κ3) is 8.31. The van der Waals surface area contributed by atoms with Crippen LogP contribution in [0.2, 0.25) is 0 Å². The minimum Gasteiger partial charge on any atom is -0.374 e. The minimum atomic E-state index is -0.256. The molecule has 0 N–H and O–H groups in total. The molecule has 43 heavy (non-hydrogen) atoms. The second kappa shape index (κ2) is 14.8. The zero-order valence-electron chi connectivity index (χ0n) is 25.5. The van der Waals surface area contributed by atoms with Crippen molar-refractivity contribution in [2.75, 3.05) is 37.0 Å². The fourth-order valence-corrected chi connectivity index (χ4v) is 5.00. The molecule has 6 heteroatoms. The van der Waals surface area contributed by atoms with E-state index in [-0.39, 0.29) is 5.82 Å². The Kier molecular flexibility index (Phi) is 10.7. The van der Waals surface area contributed by atoms with E-state index in [2.05, 4.69) is 113 Å². The standard InChI is InChI=1S/C37H39FN5/c1-28(2)27-43-36(18-9-29-7-16-34(17-8-29)41(3)23-5-21-39)25-32(26-37(43)31-10-14-33(38)15-11-31)30-12-19-35(20-13-30)42(4)24-6-22-40/h7-20,25-26,28H,5-6,23-24,27H2,1-4H3/q+1. The quantitative estimate of drug-likeness (QED) is 0.162. The van der Waals surface area contributed by atoms with Gasteiger partial charge in [-0.1, -0.05) is 38.1 Å². The molecule has 4 rings (SSSR count). The number of anilines is 2. The zero-order valence-corrected chi connectivity index (χ0v) is 25.5. The Morgan fingerprint density at radius 3 is 1.79 bits per heavy atom. The van der Waals surface area contributed by atoms with Gasteiger partial charge >= 0.3 is 0 Å². The van der Waals surface area contributed by atoms with Crippen LogP contribution in [0.25, 0.3) is 34.5 Å². The molecule has 0 unspecified atom stereocenters. The van der Waals surface area contributed by atoms with Crippen LogP contribution in [0.15, 0.2) is 84.9 Å². The number of aromatic nitrogens is 1. The molecule has 0 spiro atoms. The molecule has 0 radical (unpaired) electrons. The summed E-state index contributed by atoms with van der Waals surface area (Å²) in [5, 5.41) is 17.9. The maximum Gasteiger partial charge on any atom is 0.213 e. The minimum absolute atomic E-state index is 0.256. The van der Waals surface area contributed by atoms with Crippen LogP contribution in [0.4, 0.5) is 15.8 Å². The molecule has 0 aliphatic carbocycles. The number of halogens is 1. The van der Waals surface area contributed by atoms with Crippen LogP contribution in [0, 0.1) is 34.4 Å². The summed E-state index contributed by atoms with van der Waals surface area (Å²) >= 11 is 0. The summed E-state index contributed by atoms with van der Waals surface area (Å²) in [6.45, 7) is 6.57. The molecule has 4 aromatic rings. The van der Waals surface area contributed by atoms with Crippen molar-refractivity contribution in [3.05, 3.63) is 102 Å².